The minimum absolute atomic E-state index is 1.19. The molecule has 0 aromatic heterocycles. The van der Waals surface area contributed by atoms with Crippen LogP contribution in [0.5, 0.6) is 0 Å². The van der Waals surface area contributed by atoms with Gasteiger partial charge in [0.05, 0.1) is 0 Å². The fraction of sp³-hybridized carbons (Fsp3) is 0.636. The van der Waals surface area contributed by atoms with Gasteiger partial charge in [0.25, 0.3) is 0 Å². The van der Waals surface area contributed by atoms with Crippen molar-refractivity contribution in [2.24, 2.45) is 0 Å². The molecule has 0 atom stereocenters. The van der Waals surface area contributed by atoms with Gasteiger partial charge in [0.15, 0.2) is 0 Å². The second-order valence-corrected chi connectivity index (χ2v) is 2.45. The Balaban J connectivity index is 0. The Morgan fingerprint density at radius 3 is 1.91 bits per heavy atom. The monoisotopic (exact) mass is 154 g/mol. The van der Waals surface area contributed by atoms with Crippen molar-refractivity contribution in [2.75, 3.05) is 0 Å². The molecule has 0 heteroatoms. The highest BCUT2D eigenvalue weighted by Crippen LogP contribution is 1.97. The number of hydrogen-bond donors (Lipinski definition) is 0. The lowest BCUT2D eigenvalue weighted by molar-refractivity contribution is 0.730. The topological polar surface area (TPSA) is 0 Å². The summed E-state index contributed by atoms with van der Waals surface area (Å²) >= 11 is 0. The summed E-state index contributed by atoms with van der Waals surface area (Å²) < 4.78 is 0. The van der Waals surface area contributed by atoms with E-state index in [1.54, 1.807) is 0 Å². The quantitative estimate of drug-likeness (QED) is 0.417. The third-order valence-electron chi connectivity index (χ3n) is 1.35. The first-order valence-electron chi connectivity index (χ1n) is 4.51. The van der Waals surface area contributed by atoms with Crippen molar-refractivity contribution < 1.29 is 0 Å². The molecule has 0 heterocycles. The van der Waals surface area contributed by atoms with Crippen LogP contribution in [0.1, 0.15) is 46.5 Å². The molecule has 0 radical (unpaired) electrons. The van der Waals surface area contributed by atoms with Crippen molar-refractivity contribution in [1.29, 1.82) is 0 Å². The molecule has 0 bridgehead atoms. The van der Waals surface area contributed by atoms with Gasteiger partial charge in [-0.3, -0.25) is 0 Å². The Bertz CT molecular complexity index is 76.0. The standard InChI is InChI=1S/C7H14.C4H8/c1-3-5-7-6-4-2;1-3-4-2/h3H,1,4-7H2,2H3;3-4H,1-2H3. The van der Waals surface area contributed by atoms with Crippen molar-refractivity contribution in [2.45, 2.75) is 46.5 Å². The van der Waals surface area contributed by atoms with E-state index in [1.807, 2.05) is 32.1 Å². The van der Waals surface area contributed by atoms with E-state index in [0.29, 0.717) is 0 Å². The van der Waals surface area contributed by atoms with Crippen molar-refractivity contribution in [3.8, 4) is 0 Å². The van der Waals surface area contributed by atoms with E-state index in [2.05, 4.69) is 13.5 Å². The van der Waals surface area contributed by atoms with E-state index >= 15 is 0 Å². The van der Waals surface area contributed by atoms with Crippen LogP contribution in [0.4, 0.5) is 0 Å². The van der Waals surface area contributed by atoms with Gasteiger partial charge in [-0.15, -0.1) is 6.58 Å². The second kappa shape index (κ2) is 16.2. The van der Waals surface area contributed by atoms with Gasteiger partial charge in [0.1, 0.15) is 0 Å². The maximum absolute atomic E-state index is 3.63. The number of allylic oxidation sites excluding steroid dienone is 3. The van der Waals surface area contributed by atoms with E-state index in [-0.39, 0.29) is 0 Å². The number of rotatable bonds is 4. The fourth-order valence-electron chi connectivity index (χ4n) is 0.539. The first kappa shape index (κ1) is 13.1. The van der Waals surface area contributed by atoms with Crippen LogP contribution in [0.2, 0.25) is 0 Å². The smallest absolute Gasteiger partial charge is 0.0353 e. The second-order valence-electron chi connectivity index (χ2n) is 2.45. The highest BCUT2D eigenvalue weighted by atomic mass is 13.8. The Morgan fingerprint density at radius 2 is 1.64 bits per heavy atom. The van der Waals surface area contributed by atoms with Crippen molar-refractivity contribution in [3.05, 3.63) is 24.8 Å². The fourth-order valence-corrected chi connectivity index (χ4v) is 0.539. The van der Waals surface area contributed by atoms with Crippen molar-refractivity contribution >= 4 is 0 Å². The summed E-state index contributed by atoms with van der Waals surface area (Å²) in [6.07, 6.45) is 11.2. The molecule has 0 fully saturated rings. The molecule has 0 aromatic rings. The van der Waals surface area contributed by atoms with Crippen LogP contribution in [-0.4, -0.2) is 0 Å². The molecule has 0 amide bonds. The minimum Gasteiger partial charge on any atom is -0.103 e. The first-order chi connectivity index (χ1) is 5.33. The Morgan fingerprint density at radius 1 is 1.09 bits per heavy atom. The van der Waals surface area contributed by atoms with E-state index in [4.69, 9.17) is 0 Å². The SMILES string of the molecule is C=CCCCCC.CC=CC. The van der Waals surface area contributed by atoms with Gasteiger partial charge in [0.2, 0.25) is 0 Å². The lowest BCUT2D eigenvalue weighted by atomic mass is 10.2. The third kappa shape index (κ3) is 26.4. The highest BCUT2D eigenvalue weighted by Gasteiger charge is 1.77. The van der Waals surface area contributed by atoms with E-state index in [0.717, 1.165) is 0 Å². The predicted molar refractivity (Wildman–Crippen MR) is 54.8 cm³/mol. The molecule has 0 aliphatic carbocycles. The maximum Gasteiger partial charge on any atom is -0.0353 e. The zero-order valence-electron chi connectivity index (χ0n) is 8.27. The van der Waals surface area contributed by atoms with E-state index in [9.17, 15) is 0 Å². The van der Waals surface area contributed by atoms with Crippen LogP contribution in [-0.2, 0) is 0 Å². The molecule has 0 aliphatic heterocycles. The van der Waals surface area contributed by atoms with Crippen LogP contribution >= 0.6 is 0 Å². The Kier molecular flexibility index (Phi) is 19.3. The van der Waals surface area contributed by atoms with E-state index < -0.39 is 0 Å². The summed E-state index contributed by atoms with van der Waals surface area (Å²) in [5.74, 6) is 0. The molecule has 0 spiro atoms. The van der Waals surface area contributed by atoms with Gasteiger partial charge in [0, 0.05) is 0 Å². The molecular formula is C11H22. The van der Waals surface area contributed by atoms with Gasteiger partial charge in [-0.25, -0.2) is 0 Å². The predicted octanol–water partition coefficient (Wildman–Crippen LogP) is 4.34. The molecular weight excluding hydrogens is 132 g/mol. The molecule has 0 nitrogen and oxygen atoms in total. The normalized spacial score (nSPS) is 9.00. The Hall–Kier alpha value is -0.520. The van der Waals surface area contributed by atoms with Gasteiger partial charge in [-0.1, -0.05) is 38.0 Å². The summed E-state index contributed by atoms with van der Waals surface area (Å²) in [6, 6.07) is 0. The summed E-state index contributed by atoms with van der Waals surface area (Å²) in [7, 11) is 0. The average Bonchev–Trinajstić information content (AvgIpc) is 2.06. The first-order valence-corrected chi connectivity index (χ1v) is 4.51. The molecule has 0 rings (SSSR count). The average molecular weight is 154 g/mol. The van der Waals surface area contributed by atoms with Crippen LogP contribution in [0, 0.1) is 0 Å². The van der Waals surface area contributed by atoms with Crippen LogP contribution < -0.4 is 0 Å². The van der Waals surface area contributed by atoms with Crippen molar-refractivity contribution in [3.63, 3.8) is 0 Å². The zero-order chi connectivity index (χ0) is 8.95. The highest BCUT2D eigenvalue weighted by molar-refractivity contribution is 4.68. The number of hydrogen-bond acceptors (Lipinski definition) is 0. The molecule has 0 N–H and O–H groups in total. The summed E-state index contributed by atoms with van der Waals surface area (Å²) in [5.41, 5.74) is 0. The van der Waals surface area contributed by atoms with E-state index in [1.165, 1.54) is 25.7 Å². The van der Waals surface area contributed by atoms with Crippen LogP contribution in [0.3, 0.4) is 0 Å². The maximum atomic E-state index is 3.63. The molecule has 0 saturated heterocycles. The van der Waals surface area contributed by atoms with Crippen LogP contribution in [0.15, 0.2) is 24.8 Å². The Labute approximate surface area is 72.0 Å². The van der Waals surface area contributed by atoms with Gasteiger partial charge < -0.3 is 0 Å². The third-order valence-corrected chi connectivity index (χ3v) is 1.35. The summed E-state index contributed by atoms with van der Waals surface area (Å²) in [4.78, 5) is 0. The molecule has 0 aromatic carbocycles. The summed E-state index contributed by atoms with van der Waals surface area (Å²) in [5, 5.41) is 0. The molecule has 66 valence electrons. The minimum atomic E-state index is 1.19. The lowest BCUT2D eigenvalue weighted by Gasteiger charge is -1.87. The molecule has 0 aliphatic rings. The van der Waals surface area contributed by atoms with Crippen molar-refractivity contribution in [1.82, 2.24) is 0 Å². The van der Waals surface area contributed by atoms with Crippen LogP contribution in [0.25, 0.3) is 0 Å². The molecule has 11 heavy (non-hydrogen) atoms. The molecule has 0 unspecified atom stereocenters. The van der Waals surface area contributed by atoms with Gasteiger partial charge in [-0.05, 0) is 26.7 Å². The molecule has 0 saturated carbocycles. The largest absolute Gasteiger partial charge is 0.103 e. The number of unbranched alkanes of at least 4 members (excludes halogenated alkanes) is 3. The zero-order valence-corrected chi connectivity index (χ0v) is 8.27. The summed E-state index contributed by atoms with van der Waals surface area (Å²) in [6.45, 7) is 9.84. The van der Waals surface area contributed by atoms with Gasteiger partial charge in [-0.2, -0.15) is 0 Å². The lowest BCUT2D eigenvalue weighted by Crippen LogP contribution is -1.67. The van der Waals surface area contributed by atoms with Gasteiger partial charge >= 0.3 is 0 Å².